The van der Waals surface area contributed by atoms with Crippen LogP contribution in [-0.4, -0.2) is 12.5 Å². The number of hydrogen-bond acceptors (Lipinski definition) is 3. The zero-order valence-corrected chi connectivity index (χ0v) is 14.1. The van der Waals surface area contributed by atoms with Gasteiger partial charge in [-0.05, 0) is 24.3 Å². The number of carbonyl (C=O) groups is 1. The lowest BCUT2D eigenvalue weighted by molar-refractivity contribution is -0.116. The van der Waals surface area contributed by atoms with Crippen LogP contribution in [0, 0.1) is 11.3 Å². The number of thiophene rings is 1. The molecule has 0 aliphatic heterocycles. The van der Waals surface area contributed by atoms with Gasteiger partial charge in [-0.2, -0.15) is 5.26 Å². The molecule has 1 heterocycles. The van der Waals surface area contributed by atoms with E-state index >= 15 is 0 Å². The Morgan fingerprint density at radius 1 is 1.36 bits per heavy atom. The fourth-order valence-corrected chi connectivity index (χ4v) is 3.41. The third-order valence-electron chi connectivity index (χ3n) is 2.82. The van der Waals surface area contributed by atoms with Crippen LogP contribution in [0.1, 0.15) is 4.88 Å². The van der Waals surface area contributed by atoms with Crippen LogP contribution in [0.2, 0.25) is 0 Å². The van der Waals surface area contributed by atoms with Crippen molar-refractivity contribution in [3.05, 3.63) is 64.0 Å². The molecule has 1 aromatic heterocycles. The van der Waals surface area contributed by atoms with E-state index in [1.165, 1.54) is 11.3 Å². The van der Waals surface area contributed by atoms with Crippen LogP contribution in [0.15, 0.2) is 59.1 Å². The molecule has 1 N–H and O–H groups in total. The van der Waals surface area contributed by atoms with Crippen molar-refractivity contribution in [2.45, 2.75) is 0 Å². The highest BCUT2D eigenvalue weighted by molar-refractivity contribution is 9.10. The Labute approximate surface area is 141 Å². The van der Waals surface area contributed by atoms with Crippen molar-refractivity contribution in [1.82, 2.24) is 5.32 Å². The summed E-state index contributed by atoms with van der Waals surface area (Å²) in [6.07, 6.45) is 3.17. The minimum absolute atomic E-state index is 0.0855. The van der Waals surface area contributed by atoms with Crippen molar-refractivity contribution in [1.29, 1.82) is 5.26 Å². The van der Waals surface area contributed by atoms with Gasteiger partial charge in [0, 0.05) is 26.3 Å². The summed E-state index contributed by atoms with van der Waals surface area (Å²) in [6, 6.07) is 13.7. The monoisotopic (exact) mass is 372 g/mol. The first-order valence-electron chi connectivity index (χ1n) is 6.51. The third kappa shape index (κ3) is 3.94. The van der Waals surface area contributed by atoms with Gasteiger partial charge in [-0.25, -0.2) is 0 Å². The molecule has 0 atom stereocenters. The first kappa shape index (κ1) is 16.2. The standard InChI is InChI=1S/C17H13BrN2OS/c1-2-9-20-17(21)12(11-19)10-13-7-8-16(22-13)14-5-3-4-6-15(14)18/h2-8,10H,1,9H2,(H,20,21)/b12-10+. The second-order valence-corrected chi connectivity index (χ2v) is 6.32. The predicted molar refractivity (Wildman–Crippen MR) is 94.3 cm³/mol. The van der Waals surface area contributed by atoms with Crippen LogP contribution in [0.4, 0.5) is 0 Å². The predicted octanol–water partition coefficient (Wildman–Crippen LogP) is 4.39. The second-order valence-electron chi connectivity index (χ2n) is 4.35. The fourth-order valence-electron chi connectivity index (χ4n) is 1.79. The summed E-state index contributed by atoms with van der Waals surface area (Å²) in [5.41, 5.74) is 1.17. The van der Waals surface area contributed by atoms with E-state index in [0.717, 1.165) is 19.8 Å². The molecule has 0 saturated carbocycles. The van der Waals surface area contributed by atoms with E-state index in [0.29, 0.717) is 6.54 Å². The van der Waals surface area contributed by atoms with Gasteiger partial charge in [-0.3, -0.25) is 4.79 Å². The van der Waals surface area contributed by atoms with Crippen LogP contribution in [0.25, 0.3) is 16.5 Å². The highest BCUT2D eigenvalue weighted by atomic mass is 79.9. The van der Waals surface area contributed by atoms with Gasteiger partial charge in [0.25, 0.3) is 5.91 Å². The molecule has 0 aliphatic carbocycles. The van der Waals surface area contributed by atoms with Crippen molar-refractivity contribution < 1.29 is 4.79 Å². The van der Waals surface area contributed by atoms with E-state index < -0.39 is 5.91 Å². The number of nitrogens with zero attached hydrogens (tertiary/aromatic N) is 1. The first-order valence-corrected chi connectivity index (χ1v) is 8.12. The van der Waals surface area contributed by atoms with Gasteiger partial charge in [0.05, 0.1) is 0 Å². The quantitative estimate of drug-likeness (QED) is 0.480. The number of nitrogens with one attached hydrogen (secondary N) is 1. The lowest BCUT2D eigenvalue weighted by Crippen LogP contribution is -2.24. The fraction of sp³-hybridized carbons (Fsp3) is 0.0588. The largest absolute Gasteiger partial charge is 0.348 e. The van der Waals surface area contributed by atoms with Gasteiger partial charge in [0.2, 0.25) is 0 Å². The smallest absolute Gasteiger partial charge is 0.262 e. The molecule has 2 aromatic rings. The number of halogens is 1. The van der Waals surface area contributed by atoms with Gasteiger partial charge in [-0.1, -0.05) is 40.2 Å². The van der Waals surface area contributed by atoms with Crippen LogP contribution < -0.4 is 5.32 Å². The molecule has 0 aliphatic rings. The van der Waals surface area contributed by atoms with Gasteiger partial charge in [-0.15, -0.1) is 17.9 Å². The maximum absolute atomic E-state index is 11.8. The molecule has 110 valence electrons. The highest BCUT2D eigenvalue weighted by Gasteiger charge is 2.10. The Bertz CT molecular complexity index is 771. The van der Waals surface area contributed by atoms with E-state index in [2.05, 4.69) is 27.8 Å². The van der Waals surface area contributed by atoms with E-state index in [1.807, 2.05) is 42.5 Å². The molecule has 0 spiro atoms. The molecule has 22 heavy (non-hydrogen) atoms. The van der Waals surface area contributed by atoms with Gasteiger partial charge < -0.3 is 5.32 Å². The maximum atomic E-state index is 11.8. The molecule has 1 aromatic carbocycles. The average molecular weight is 373 g/mol. The molecule has 1 amide bonds. The maximum Gasteiger partial charge on any atom is 0.262 e. The zero-order valence-electron chi connectivity index (χ0n) is 11.7. The first-order chi connectivity index (χ1) is 10.7. The normalized spacial score (nSPS) is 10.8. The number of carbonyl (C=O) groups excluding carboxylic acids is 1. The van der Waals surface area contributed by atoms with Crippen LogP contribution in [0.3, 0.4) is 0 Å². The van der Waals surface area contributed by atoms with Crippen molar-refractivity contribution >= 4 is 39.2 Å². The molecule has 5 heteroatoms. The van der Waals surface area contributed by atoms with Gasteiger partial charge in [0.15, 0.2) is 0 Å². The van der Waals surface area contributed by atoms with Crippen molar-refractivity contribution in [3.63, 3.8) is 0 Å². The van der Waals surface area contributed by atoms with Gasteiger partial charge in [0.1, 0.15) is 11.6 Å². The van der Waals surface area contributed by atoms with Crippen LogP contribution in [-0.2, 0) is 4.79 Å². The molecular formula is C17H13BrN2OS. The Morgan fingerprint density at radius 3 is 2.82 bits per heavy atom. The molecule has 0 bridgehead atoms. The summed E-state index contributed by atoms with van der Waals surface area (Å²) in [5.74, 6) is -0.391. The van der Waals surface area contributed by atoms with Crippen LogP contribution >= 0.6 is 27.3 Å². The Balaban J connectivity index is 2.26. The molecule has 2 rings (SSSR count). The molecule has 0 saturated heterocycles. The minimum atomic E-state index is -0.391. The van der Waals surface area contributed by atoms with Crippen LogP contribution in [0.5, 0.6) is 0 Å². The van der Waals surface area contributed by atoms with E-state index in [1.54, 1.807) is 12.2 Å². The average Bonchev–Trinajstić information content (AvgIpc) is 2.99. The molecular weight excluding hydrogens is 360 g/mol. The molecule has 0 radical (unpaired) electrons. The zero-order chi connectivity index (χ0) is 15.9. The van der Waals surface area contributed by atoms with E-state index in [4.69, 9.17) is 5.26 Å². The summed E-state index contributed by atoms with van der Waals surface area (Å²) in [6.45, 7) is 3.87. The topological polar surface area (TPSA) is 52.9 Å². The molecule has 0 fully saturated rings. The number of hydrogen-bond donors (Lipinski definition) is 1. The lowest BCUT2D eigenvalue weighted by Gasteiger charge is -2.00. The summed E-state index contributed by atoms with van der Waals surface area (Å²) in [7, 11) is 0. The number of nitriles is 1. The third-order valence-corrected chi connectivity index (χ3v) is 4.58. The summed E-state index contributed by atoms with van der Waals surface area (Å²) >= 11 is 5.05. The van der Waals surface area contributed by atoms with Crippen molar-refractivity contribution in [2.24, 2.45) is 0 Å². The molecule has 0 unspecified atom stereocenters. The van der Waals surface area contributed by atoms with Gasteiger partial charge >= 0.3 is 0 Å². The Morgan fingerprint density at radius 2 is 2.14 bits per heavy atom. The SMILES string of the molecule is C=CCNC(=O)/C(C#N)=C/c1ccc(-c2ccccc2Br)s1. The number of rotatable bonds is 5. The lowest BCUT2D eigenvalue weighted by atomic mass is 10.2. The van der Waals surface area contributed by atoms with Crippen molar-refractivity contribution in [2.75, 3.05) is 6.54 Å². The summed E-state index contributed by atoms with van der Waals surface area (Å²) in [5, 5.41) is 11.7. The summed E-state index contributed by atoms with van der Waals surface area (Å²) in [4.78, 5) is 13.7. The summed E-state index contributed by atoms with van der Waals surface area (Å²) < 4.78 is 1.01. The minimum Gasteiger partial charge on any atom is -0.348 e. The highest BCUT2D eigenvalue weighted by Crippen LogP contribution is 2.34. The molecule has 3 nitrogen and oxygen atoms in total. The second kappa shape index (κ2) is 7.74. The number of benzene rings is 1. The Kier molecular flexibility index (Phi) is 5.70. The van der Waals surface area contributed by atoms with E-state index in [-0.39, 0.29) is 5.57 Å². The Hall–Kier alpha value is -2.16. The van der Waals surface area contributed by atoms with Crippen molar-refractivity contribution in [3.8, 4) is 16.5 Å². The van der Waals surface area contributed by atoms with E-state index in [9.17, 15) is 4.79 Å². The number of amides is 1.